The van der Waals surface area contributed by atoms with Gasteiger partial charge in [-0.3, -0.25) is 4.79 Å². The first kappa shape index (κ1) is 13.2. The van der Waals surface area contributed by atoms with Gasteiger partial charge in [-0.25, -0.2) is 0 Å². The van der Waals surface area contributed by atoms with Gasteiger partial charge in [0, 0.05) is 17.8 Å². The molecule has 104 valence electrons. The average molecular weight is 286 g/mol. The lowest BCUT2D eigenvalue weighted by Crippen LogP contribution is -2.30. The molecular weight excluding hydrogens is 268 g/mol. The molecule has 1 saturated heterocycles. The molecule has 1 amide bonds. The van der Waals surface area contributed by atoms with Crippen LogP contribution in [0.2, 0.25) is 0 Å². The Balaban J connectivity index is 1.89. The molecule has 1 aromatic heterocycles. The van der Waals surface area contributed by atoms with Crippen molar-refractivity contribution in [3.05, 3.63) is 51.7 Å². The standard InChI is InChI=1S/C16H18N2OS/c1-11-9-13(17)4-5-14(11)16(19)18-7-2-3-15(18)12-6-8-20-10-12/h4-6,8-10,15H,2-3,7,17H2,1H3. The van der Waals surface area contributed by atoms with E-state index in [2.05, 4.69) is 16.8 Å². The Labute approximate surface area is 123 Å². The second kappa shape index (κ2) is 5.29. The molecule has 4 heteroatoms. The highest BCUT2D eigenvalue weighted by Crippen LogP contribution is 2.34. The summed E-state index contributed by atoms with van der Waals surface area (Å²) in [6.45, 7) is 2.78. The van der Waals surface area contributed by atoms with Crippen molar-refractivity contribution in [3.63, 3.8) is 0 Å². The summed E-state index contributed by atoms with van der Waals surface area (Å²) in [5.41, 5.74) is 9.44. The molecule has 20 heavy (non-hydrogen) atoms. The molecule has 0 saturated carbocycles. The van der Waals surface area contributed by atoms with Crippen molar-refractivity contribution >= 4 is 22.9 Å². The third-order valence-corrected chi connectivity index (χ3v) is 4.62. The molecule has 0 bridgehead atoms. The number of nitrogens with two attached hydrogens (primary N) is 1. The maximum atomic E-state index is 12.8. The van der Waals surface area contributed by atoms with Crippen LogP contribution in [-0.4, -0.2) is 17.4 Å². The molecule has 0 aliphatic carbocycles. The van der Waals surface area contributed by atoms with E-state index in [4.69, 9.17) is 5.73 Å². The van der Waals surface area contributed by atoms with Crippen molar-refractivity contribution in [2.24, 2.45) is 0 Å². The van der Waals surface area contributed by atoms with Crippen LogP contribution < -0.4 is 5.73 Å². The van der Waals surface area contributed by atoms with Gasteiger partial charge >= 0.3 is 0 Å². The normalized spacial score (nSPS) is 18.4. The number of rotatable bonds is 2. The van der Waals surface area contributed by atoms with Crippen LogP contribution in [0, 0.1) is 6.92 Å². The SMILES string of the molecule is Cc1cc(N)ccc1C(=O)N1CCCC1c1ccsc1. The predicted molar refractivity (Wildman–Crippen MR) is 82.9 cm³/mol. The summed E-state index contributed by atoms with van der Waals surface area (Å²) < 4.78 is 0. The predicted octanol–water partition coefficient (Wildman–Crippen LogP) is 3.62. The van der Waals surface area contributed by atoms with E-state index in [-0.39, 0.29) is 11.9 Å². The largest absolute Gasteiger partial charge is 0.399 e. The highest BCUT2D eigenvalue weighted by Gasteiger charge is 2.31. The number of thiophene rings is 1. The van der Waals surface area contributed by atoms with Gasteiger partial charge in [0.05, 0.1) is 6.04 Å². The number of aryl methyl sites for hydroxylation is 1. The molecule has 1 aliphatic heterocycles. The number of nitrogen functional groups attached to an aromatic ring is 1. The van der Waals surface area contributed by atoms with Gasteiger partial charge in [0.2, 0.25) is 0 Å². The fourth-order valence-electron chi connectivity index (χ4n) is 2.90. The van der Waals surface area contributed by atoms with E-state index in [9.17, 15) is 4.79 Å². The van der Waals surface area contributed by atoms with Crippen LogP contribution >= 0.6 is 11.3 Å². The van der Waals surface area contributed by atoms with Gasteiger partial charge in [0.25, 0.3) is 5.91 Å². The summed E-state index contributed by atoms with van der Waals surface area (Å²) in [6.07, 6.45) is 2.12. The van der Waals surface area contributed by atoms with Gasteiger partial charge in [-0.2, -0.15) is 11.3 Å². The van der Waals surface area contributed by atoms with Crippen molar-refractivity contribution < 1.29 is 4.79 Å². The number of likely N-dealkylation sites (tertiary alicyclic amines) is 1. The summed E-state index contributed by atoms with van der Waals surface area (Å²) in [4.78, 5) is 14.8. The Kier molecular flexibility index (Phi) is 3.49. The van der Waals surface area contributed by atoms with Crippen LogP contribution in [0.5, 0.6) is 0 Å². The molecule has 2 aromatic rings. The summed E-state index contributed by atoms with van der Waals surface area (Å²) in [5, 5.41) is 4.22. The fraction of sp³-hybridized carbons (Fsp3) is 0.312. The number of amides is 1. The molecular formula is C16H18N2OS. The van der Waals surface area contributed by atoms with Crippen LogP contribution in [0.3, 0.4) is 0 Å². The van der Waals surface area contributed by atoms with Crippen LogP contribution in [-0.2, 0) is 0 Å². The number of nitrogens with zero attached hydrogens (tertiary/aromatic N) is 1. The Morgan fingerprint density at radius 1 is 1.40 bits per heavy atom. The molecule has 2 heterocycles. The molecule has 2 N–H and O–H groups in total. The Bertz CT molecular complexity index is 621. The third kappa shape index (κ3) is 2.31. The minimum atomic E-state index is 0.121. The maximum absolute atomic E-state index is 12.8. The second-order valence-electron chi connectivity index (χ2n) is 5.29. The number of benzene rings is 1. The van der Waals surface area contributed by atoms with E-state index in [1.54, 1.807) is 17.4 Å². The number of hydrogen-bond donors (Lipinski definition) is 1. The van der Waals surface area contributed by atoms with E-state index in [0.717, 1.165) is 30.5 Å². The van der Waals surface area contributed by atoms with Gasteiger partial charge in [-0.05, 0) is 65.9 Å². The Morgan fingerprint density at radius 2 is 2.25 bits per heavy atom. The van der Waals surface area contributed by atoms with Gasteiger partial charge < -0.3 is 10.6 Å². The minimum Gasteiger partial charge on any atom is -0.399 e. The number of anilines is 1. The van der Waals surface area contributed by atoms with E-state index in [1.165, 1.54) is 5.56 Å². The zero-order valence-corrected chi connectivity index (χ0v) is 12.3. The van der Waals surface area contributed by atoms with Crippen molar-refractivity contribution in [2.45, 2.75) is 25.8 Å². The van der Waals surface area contributed by atoms with E-state index in [1.807, 2.05) is 24.0 Å². The number of carbonyl (C=O) groups excluding carboxylic acids is 1. The maximum Gasteiger partial charge on any atom is 0.254 e. The minimum absolute atomic E-state index is 0.121. The van der Waals surface area contributed by atoms with Crippen LogP contribution in [0.15, 0.2) is 35.0 Å². The highest BCUT2D eigenvalue weighted by molar-refractivity contribution is 7.07. The molecule has 0 spiro atoms. The molecule has 1 aromatic carbocycles. The quantitative estimate of drug-likeness (QED) is 0.857. The summed E-state index contributed by atoms with van der Waals surface area (Å²) in [6, 6.07) is 7.86. The summed E-state index contributed by atoms with van der Waals surface area (Å²) >= 11 is 1.69. The molecule has 1 fully saturated rings. The molecule has 0 radical (unpaired) electrons. The molecule has 3 rings (SSSR count). The van der Waals surface area contributed by atoms with E-state index in [0.29, 0.717) is 5.69 Å². The van der Waals surface area contributed by atoms with Gasteiger partial charge in [-0.15, -0.1) is 0 Å². The lowest BCUT2D eigenvalue weighted by molar-refractivity contribution is 0.0735. The van der Waals surface area contributed by atoms with Gasteiger partial charge in [0.1, 0.15) is 0 Å². The first-order chi connectivity index (χ1) is 9.66. The van der Waals surface area contributed by atoms with Crippen LogP contribution in [0.25, 0.3) is 0 Å². The van der Waals surface area contributed by atoms with E-state index < -0.39 is 0 Å². The summed E-state index contributed by atoms with van der Waals surface area (Å²) in [5.74, 6) is 0.121. The van der Waals surface area contributed by atoms with Gasteiger partial charge in [-0.1, -0.05) is 0 Å². The monoisotopic (exact) mass is 286 g/mol. The lowest BCUT2D eigenvalue weighted by Gasteiger charge is -2.25. The first-order valence-electron chi connectivity index (χ1n) is 6.86. The lowest BCUT2D eigenvalue weighted by atomic mass is 10.0. The van der Waals surface area contributed by atoms with E-state index >= 15 is 0 Å². The smallest absolute Gasteiger partial charge is 0.254 e. The van der Waals surface area contributed by atoms with Crippen molar-refractivity contribution in [1.29, 1.82) is 0 Å². The van der Waals surface area contributed by atoms with Gasteiger partial charge in [0.15, 0.2) is 0 Å². The fourth-order valence-corrected chi connectivity index (χ4v) is 3.61. The third-order valence-electron chi connectivity index (χ3n) is 3.92. The van der Waals surface area contributed by atoms with Crippen molar-refractivity contribution in [1.82, 2.24) is 4.90 Å². The Hall–Kier alpha value is -1.81. The van der Waals surface area contributed by atoms with Crippen molar-refractivity contribution in [2.75, 3.05) is 12.3 Å². The molecule has 3 nitrogen and oxygen atoms in total. The zero-order valence-electron chi connectivity index (χ0n) is 11.5. The first-order valence-corrected chi connectivity index (χ1v) is 7.80. The highest BCUT2D eigenvalue weighted by atomic mass is 32.1. The summed E-state index contributed by atoms with van der Waals surface area (Å²) in [7, 11) is 0. The molecule has 1 unspecified atom stereocenters. The molecule has 1 aliphatic rings. The topological polar surface area (TPSA) is 46.3 Å². The van der Waals surface area contributed by atoms with Crippen LogP contribution in [0.1, 0.15) is 40.4 Å². The Morgan fingerprint density at radius 3 is 2.95 bits per heavy atom. The number of carbonyl (C=O) groups is 1. The second-order valence-corrected chi connectivity index (χ2v) is 6.07. The zero-order chi connectivity index (χ0) is 14.1. The average Bonchev–Trinajstić information content (AvgIpc) is 3.09. The van der Waals surface area contributed by atoms with Crippen LogP contribution in [0.4, 0.5) is 5.69 Å². The van der Waals surface area contributed by atoms with Crippen molar-refractivity contribution in [3.8, 4) is 0 Å². The number of hydrogen-bond acceptors (Lipinski definition) is 3. The molecule has 1 atom stereocenters.